The Balaban J connectivity index is 1.57. The lowest BCUT2D eigenvalue weighted by atomic mass is 9.92. The first kappa shape index (κ1) is 20.6. The summed E-state index contributed by atoms with van der Waals surface area (Å²) in [5.74, 6) is -0.290. The molecule has 0 spiro atoms. The molecule has 3 aromatic carbocycles. The maximum atomic E-state index is 14.6. The Morgan fingerprint density at radius 2 is 1.70 bits per heavy atom. The van der Waals surface area contributed by atoms with Gasteiger partial charge in [-0.15, -0.1) is 0 Å². The predicted molar refractivity (Wildman–Crippen MR) is 120 cm³/mol. The van der Waals surface area contributed by atoms with E-state index < -0.39 is 6.09 Å². The first-order valence-corrected chi connectivity index (χ1v) is 10.9. The first-order chi connectivity index (χ1) is 14.6. The van der Waals surface area contributed by atoms with Crippen LogP contribution in [0, 0.1) is 5.82 Å². The maximum absolute atomic E-state index is 14.6. The minimum absolute atomic E-state index is 0.0466. The van der Waals surface area contributed by atoms with Crippen molar-refractivity contribution in [1.82, 2.24) is 0 Å². The number of carbonyl (C=O) groups is 1. The third-order valence-corrected chi connectivity index (χ3v) is 5.96. The Morgan fingerprint density at radius 1 is 1.03 bits per heavy atom. The summed E-state index contributed by atoms with van der Waals surface area (Å²) in [6, 6.07) is 23.0. The topological polar surface area (TPSA) is 29.5 Å². The minimum atomic E-state index is -0.435. The van der Waals surface area contributed by atoms with E-state index in [1.54, 1.807) is 4.90 Å². The molecule has 1 amide bonds. The fourth-order valence-electron chi connectivity index (χ4n) is 3.98. The van der Waals surface area contributed by atoms with Crippen molar-refractivity contribution in [3.63, 3.8) is 0 Å². The summed E-state index contributed by atoms with van der Waals surface area (Å²) in [5, 5.41) is 0. The zero-order valence-corrected chi connectivity index (χ0v) is 18.1. The summed E-state index contributed by atoms with van der Waals surface area (Å²) in [7, 11) is 0. The van der Waals surface area contributed by atoms with Gasteiger partial charge in [0.1, 0.15) is 12.4 Å². The van der Waals surface area contributed by atoms with E-state index >= 15 is 0 Å². The smallest absolute Gasteiger partial charge is 0.414 e. The van der Waals surface area contributed by atoms with Crippen molar-refractivity contribution in [1.29, 1.82) is 0 Å². The quantitative estimate of drug-likeness (QED) is 0.418. The van der Waals surface area contributed by atoms with Gasteiger partial charge >= 0.3 is 6.09 Å². The molecule has 1 heterocycles. The number of aryl methyl sites for hydroxylation is 1. The van der Waals surface area contributed by atoms with Crippen molar-refractivity contribution in [3.8, 4) is 0 Å². The molecule has 0 bridgehead atoms. The van der Waals surface area contributed by atoms with Gasteiger partial charge in [0.2, 0.25) is 0 Å². The Bertz CT molecular complexity index is 1010. The van der Waals surface area contributed by atoms with Crippen LogP contribution in [-0.2, 0) is 24.2 Å². The Labute approximate surface area is 184 Å². The van der Waals surface area contributed by atoms with Gasteiger partial charge < -0.3 is 4.74 Å². The number of nitrogens with zero attached hydrogens (tertiary/aromatic N) is 1. The highest BCUT2D eigenvalue weighted by Gasteiger charge is 2.33. The van der Waals surface area contributed by atoms with Gasteiger partial charge in [0.25, 0.3) is 0 Å². The SMILES string of the molecule is O=C(OCc1ccccc1)N1c2cc(Br)cc(F)c2CCC1CCc1ccccc1. The molecule has 1 unspecified atom stereocenters. The van der Waals surface area contributed by atoms with Gasteiger partial charge in [-0.2, -0.15) is 0 Å². The molecule has 1 aliphatic rings. The van der Waals surface area contributed by atoms with E-state index in [2.05, 4.69) is 28.1 Å². The molecule has 30 heavy (non-hydrogen) atoms. The molecule has 3 nitrogen and oxygen atoms in total. The number of halogens is 2. The molecule has 0 aromatic heterocycles. The Hall–Kier alpha value is -2.66. The average molecular weight is 468 g/mol. The number of fused-ring (bicyclic) bond motifs is 1. The van der Waals surface area contributed by atoms with Crippen molar-refractivity contribution in [2.45, 2.75) is 38.3 Å². The number of carbonyl (C=O) groups excluding carboxylic acids is 1. The molecule has 3 aromatic rings. The van der Waals surface area contributed by atoms with Crippen molar-refractivity contribution in [3.05, 3.63) is 99.8 Å². The van der Waals surface area contributed by atoms with E-state index in [1.807, 2.05) is 54.6 Å². The highest BCUT2D eigenvalue weighted by molar-refractivity contribution is 9.10. The second-order valence-corrected chi connectivity index (χ2v) is 8.43. The van der Waals surface area contributed by atoms with E-state index in [9.17, 15) is 9.18 Å². The zero-order chi connectivity index (χ0) is 20.9. The van der Waals surface area contributed by atoms with E-state index in [-0.39, 0.29) is 18.5 Å². The second-order valence-electron chi connectivity index (χ2n) is 7.51. The molecule has 154 valence electrons. The molecule has 0 fully saturated rings. The number of rotatable bonds is 5. The number of hydrogen-bond donors (Lipinski definition) is 0. The van der Waals surface area contributed by atoms with E-state index in [0.29, 0.717) is 28.6 Å². The zero-order valence-electron chi connectivity index (χ0n) is 16.6. The highest BCUT2D eigenvalue weighted by atomic mass is 79.9. The molecule has 0 saturated carbocycles. The lowest BCUT2D eigenvalue weighted by Crippen LogP contribution is -2.44. The lowest BCUT2D eigenvalue weighted by Gasteiger charge is -2.37. The van der Waals surface area contributed by atoms with Crippen molar-refractivity contribution < 1.29 is 13.9 Å². The molecular formula is C25H23BrFNO2. The first-order valence-electron chi connectivity index (χ1n) is 10.1. The van der Waals surface area contributed by atoms with Crippen LogP contribution in [0.15, 0.2) is 77.3 Å². The lowest BCUT2D eigenvalue weighted by molar-refractivity contribution is 0.143. The van der Waals surface area contributed by atoms with Crippen molar-refractivity contribution in [2.24, 2.45) is 0 Å². The summed E-state index contributed by atoms with van der Waals surface area (Å²) in [6.45, 7) is 0.188. The van der Waals surface area contributed by atoms with Crippen LogP contribution in [0.1, 0.15) is 29.5 Å². The van der Waals surface area contributed by atoms with E-state index in [1.165, 1.54) is 11.6 Å². The molecule has 5 heteroatoms. The van der Waals surface area contributed by atoms with Crippen molar-refractivity contribution >= 4 is 27.7 Å². The fourth-order valence-corrected chi connectivity index (χ4v) is 4.39. The summed E-state index contributed by atoms with van der Waals surface area (Å²) >= 11 is 3.37. The van der Waals surface area contributed by atoms with Crippen LogP contribution in [-0.4, -0.2) is 12.1 Å². The van der Waals surface area contributed by atoms with Gasteiger partial charge in [0.15, 0.2) is 0 Å². The van der Waals surface area contributed by atoms with E-state index in [0.717, 1.165) is 18.4 Å². The molecule has 0 saturated heterocycles. The predicted octanol–water partition coefficient (Wildman–Crippen LogP) is 6.68. The highest BCUT2D eigenvalue weighted by Crippen LogP contribution is 2.37. The Kier molecular flexibility index (Phi) is 6.48. The number of benzene rings is 3. The third kappa shape index (κ3) is 4.73. The van der Waals surface area contributed by atoms with Crippen LogP contribution in [0.2, 0.25) is 0 Å². The summed E-state index contributed by atoms with van der Waals surface area (Å²) < 4.78 is 20.8. The fraction of sp³-hybridized carbons (Fsp3) is 0.240. The Morgan fingerprint density at radius 3 is 2.40 bits per heavy atom. The largest absolute Gasteiger partial charge is 0.444 e. The average Bonchev–Trinajstić information content (AvgIpc) is 2.77. The van der Waals surface area contributed by atoms with Crippen LogP contribution >= 0.6 is 15.9 Å². The summed E-state index contributed by atoms with van der Waals surface area (Å²) in [4.78, 5) is 14.8. The third-order valence-electron chi connectivity index (χ3n) is 5.50. The van der Waals surface area contributed by atoms with Crippen LogP contribution in [0.4, 0.5) is 14.9 Å². The van der Waals surface area contributed by atoms with Gasteiger partial charge in [-0.1, -0.05) is 76.6 Å². The number of hydrogen-bond acceptors (Lipinski definition) is 2. The van der Waals surface area contributed by atoms with Gasteiger partial charge in [-0.3, -0.25) is 4.90 Å². The van der Waals surface area contributed by atoms with Crippen LogP contribution in [0.25, 0.3) is 0 Å². The number of ether oxygens (including phenoxy) is 1. The molecule has 1 aliphatic heterocycles. The molecule has 0 radical (unpaired) electrons. The summed E-state index contributed by atoms with van der Waals surface area (Å²) in [6.07, 6.45) is 2.52. The van der Waals surface area contributed by atoms with E-state index in [4.69, 9.17) is 4.74 Å². The molecule has 0 aliphatic carbocycles. The van der Waals surface area contributed by atoms with Crippen molar-refractivity contribution in [2.75, 3.05) is 4.90 Å². The van der Waals surface area contributed by atoms with Gasteiger partial charge in [0.05, 0.1) is 5.69 Å². The molecule has 4 rings (SSSR count). The van der Waals surface area contributed by atoms with Crippen LogP contribution < -0.4 is 4.90 Å². The summed E-state index contributed by atoms with van der Waals surface area (Å²) in [5.41, 5.74) is 3.32. The maximum Gasteiger partial charge on any atom is 0.414 e. The number of amides is 1. The van der Waals surface area contributed by atoms with Crippen LogP contribution in [0.5, 0.6) is 0 Å². The molecule has 0 N–H and O–H groups in total. The van der Waals surface area contributed by atoms with Crippen LogP contribution in [0.3, 0.4) is 0 Å². The molecular weight excluding hydrogens is 445 g/mol. The van der Waals surface area contributed by atoms with Gasteiger partial charge in [-0.25, -0.2) is 9.18 Å². The monoisotopic (exact) mass is 467 g/mol. The molecule has 1 atom stereocenters. The number of anilines is 1. The van der Waals surface area contributed by atoms with Gasteiger partial charge in [0, 0.05) is 16.1 Å². The minimum Gasteiger partial charge on any atom is -0.444 e. The normalized spacial score (nSPS) is 15.5. The van der Waals surface area contributed by atoms with Gasteiger partial charge in [-0.05, 0) is 48.9 Å². The standard InChI is InChI=1S/C25H23BrFNO2/c26-20-15-23(27)22-14-13-21(12-11-18-7-3-1-4-8-18)28(24(22)16-20)25(29)30-17-19-9-5-2-6-10-19/h1-10,15-16,21H,11-14,17H2. The second kappa shape index (κ2) is 9.43.